The second-order valence-electron chi connectivity index (χ2n) is 5.14. The molecule has 0 aliphatic heterocycles. The van der Waals surface area contributed by atoms with Gasteiger partial charge in [0.2, 0.25) is 0 Å². The van der Waals surface area contributed by atoms with Crippen molar-refractivity contribution in [3.8, 4) is 0 Å². The van der Waals surface area contributed by atoms with Gasteiger partial charge in [0.05, 0.1) is 6.10 Å². The zero-order chi connectivity index (χ0) is 14.4. The molecule has 0 aromatic heterocycles. The van der Waals surface area contributed by atoms with E-state index in [9.17, 15) is 5.11 Å². The molecule has 2 unspecified atom stereocenters. The highest BCUT2D eigenvalue weighted by Gasteiger charge is 2.16. The van der Waals surface area contributed by atoms with Gasteiger partial charge in [-0.1, -0.05) is 61.5 Å². The van der Waals surface area contributed by atoms with E-state index in [-0.39, 0.29) is 0 Å². The van der Waals surface area contributed by atoms with Gasteiger partial charge >= 0.3 is 0 Å². The molecule has 1 N–H and O–H groups in total. The number of benzene rings is 2. The molecular weight excluding hydrogens is 268 g/mol. The summed E-state index contributed by atoms with van der Waals surface area (Å²) in [7, 11) is 0. The zero-order valence-corrected chi connectivity index (χ0v) is 12.6. The minimum absolute atomic E-state index is 0.370. The van der Waals surface area contributed by atoms with Gasteiger partial charge in [-0.25, -0.2) is 0 Å². The Bertz CT molecular complexity index is 507. The van der Waals surface area contributed by atoms with E-state index in [1.54, 1.807) is 0 Å². The molecule has 0 saturated carbocycles. The molecule has 2 rings (SSSR count). The van der Waals surface area contributed by atoms with Gasteiger partial charge in [0.15, 0.2) is 0 Å². The van der Waals surface area contributed by atoms with Crippen LogP contribution >= 0.6 is 11.6 Å². The topological polar surface area (TPSA) is 20.2 Å². The Balaban J connectivity index is 2.08. The Morgan fingerprint density at radius 2 is 1.60 bits per heavy atom. The van der Waals surface area contributed by atoms with Gasteiger partial charge in [-0.05, 0) is 35.4 Å². The van der Waals surface area contributed by atoms with Gasteiger partial charge in [0, 0.05) is 5.88 Å². The minimum Gasteiger partial charge on any atom is -0.388 e. The highest BCUT2D eigenvalue weighted by molar-refractivity contribution is 6.17. The van der Waals surface area contributed by atoms with Crippen molar-refractivity contribution in [2.75, 3.05) is 0 Å². The van der Waals surface area contributed by atoms with E-state index in [0.29, 0.717) is 11.8 Å². The summed E-state index contributed by atoms with van der Waals surface area (Å²) in [5.41, 5.74) is 3.40. The average Bonchev–Trinajstić information content (AvgIpc) is 2.53. The molecule has 2 heteroatoms. The summed E-state index contributed by atoms with van der Waals surface area (Å²) in [5, 5.41) is 10.4. The number of hydrogen-bond donors (Lipinski definition) is 1. The lowest BCUT2D eigenvalue weighted by Gasteiger charge is -2.20. The first-order valence-electron chi connectivity index (χ1n) is 7.12. The Morgan fingerprint density at radius 1 is 0.950 bits per heavy atom. The van der Waals surface area contributed by atoms with E-state index >= 15 is 0 Å². The first-order valence-corrected chi connectivity index (χ1v) is 7.65. The molecule has 106 valence electrons. The standard InChI is InChI=1S/C18H21ClO/c1-2-15(16-10-8-14(13-19)9-11-16)12-18(20)17-6-4-3-5-7-17/h3-11,15,18,20H,2,12-13H2,1H3. The number of hydrogen-bond acceptors (Lipinski definition) is 1. The van der Waals surface area contributed by atoms with Crippen LogP contribution in [-0.2, 0) is 5.88 Å². The summed E-state index contributed by atoms with van der Waals surface area (Å²) in [5.74, 6) is 0.915. The summed E-state index contributed by atoms with van der Waals surface area (Å²) in [4.78, 5) is 0. The van der Waals surface area contributed by atoms with Gasteiger partial charge in [0.1, 0.15) is 0 Å². The number of alkyl halides is 1. The largest absolute Gasteiger partial charge is 0.388 e. The van der Waals surface area contributed by atoms with Crippen LogP contribution in [0.2, 0.25) is 0 Å². The molecule has 0 aliphatic carbocycles. The van der Waals surface area contributed by atoms with Crippen LogP contribution in [-0.4, -0.2) is 5.11 Å². The van der Waals surface area contributed by atoms with Crippen molar-refractivity contribution in [2.45, 2.75) is 37.7 Å². The fraction of sp³-hybridized carbons (Fsp3) is 0.333. The third kappa shape index (κ3) is 3.84. The second kappa shape index (κ2) is 7.47. The van der Waals surface area contributed by atoms with Crippen LogP contribution in [0.1, 0.15) is 48.5 Å². The van der Waals surface area contributed by atoms with Crippen molar-refractivity contribution in [2.24, 2.45) is 0 Å². The van der Waals surface area contributed by atoms with E-state index in [4.69, 9.17) is 11.6 Å². The molecule has 2 aromatic rings. The summed E-state index contributed by atoms with van der Waals surface area (Å²) in [6, 6.07) is 18.3. The molecule has 0 fully saturated rings. The Hall–Kier alpha value is -1.31. The maximum Gasteiger partial charge on any atom is 0.0795 e. The Kier molecular flexibility index (Phi) is 5.63. The highest BCUT2D eigenvalue weighted by atomic mass is 35.5. The monoisotopic (exact) mass is 288 g/mol. The molecule has 2 atom stereocenters. The Morgan fingerprint density at radius 3 is 2.15 bits per heavy atom. The van der Waals surface area contributed by atoms with Crippen molar-refractivity contribution < 1.29 is 5.11 Å². The summed E-state index contributed by atoms with van der Waals surface area (Å²) in [6.07, 6.45) is 1.36. The fourth-order valence-electron chi connectivity index (χ4n) is 2.50. The van der Waals surface area contributed by atoms with Gasteiger partial charge < -0.3 is 5.11 Å². The first-order chi connectivity index (χ1) is 9.74. The number of halogens is 1. The van der Waals surface area contributed by atoms with Crippen molar-refractivity contribution in [1.82, 2.24) is 0 Å². The molecule has 20 heavy (non-hydrogen) atoms. The van der Waals surface area contributed by atoms with E-state index < -0.39 is 6.10 Å². The van der Waals surface area contributed by atoms with Crippen LogP contribution in [0.3, 0.4) is 0 Å². The molecule has 0 bridgehead atoms. The molecule has 2 aromatic carbocycles. The molecule has 0 spiro atoms. The van der Waals surface area contributed by atoms with E-state index in [1.807, 2.05) is 30.3 Å². The highest BCUT2D eigenvalue weighted by Crippen LogP contribution is 2.30. The van der Waals surface area contributed by atoms with Gasteiger partial charge in [-0.2, -0.15) is 0 Å². The third-order valence-corrected chi connectivity index (χ3v) is 4.10. The molecular formula is C18H21ClO. The van der Waals surface area contributed by atoms with E-state index in [2.05, 4.69) is 31.2 Å². The number of rotatable bonds is 6. The van der Waals surface area contributed by atoms with Crippen molar-refractivity contribution >= 4 is 11.6 Å². The van der Waals surface area contributed by atoms with Crippen molar-refractivity contribution in [1.29, 1.82) is 0 Å². The lowest BCUT2D eigenvalue weighted by atomic mass is 9.88. The molecule has 0 radical (unpaired) electrons. The maximum absolute atomic E-state index is 10.4. The van der Waals surface area contributed by atoms with Crippen LogP contribution in [0, 0.1) is 0 Å². The molecule has 1 nitrogen and oxygen atoms in total. The smallest absolute Gasteiger partial charge is 0.0795 e. The second-order valence-corrected chi connectivity index (χ2v) is 5.41. The lowest BCUT2D eigenvalue weighted by molar-refractivity contribution is 0.156. The van der Waals surface area contributed by atoms with Crippen LogP contribution in [0.5, 0.6) is 0 Å². The first kappa shape index (κ1) is 15.1. The van der Waals surface area contributed by atoms with Crippen LogP contribution < -0.4 is 0 Å². The summed E-state index contributed by atoms with van der Waals surface area (Å²) in [6.45, 7) is 2.16. The quantitative estimate of drug-likeness (QED) is 0.738. The van der Waals surface area contributed by atoms with Crippen molar-refractivity contribution in [3.05, 3.63) is 71.3 Å². The zero-order valence-electron chi connectivity index (χ0n) is 11.8. The van der Waals surface area contributed by atoms with Gasteiger partial charge in [0.25, 0.3) is 0 Å². The molecule has 0 saturated heterocycles. The molecule has 0 amide bonds. The predicted molar refractivity (Wildman–Crippen MR) is 85.0 cm³/mol. The van der Waals surface area contributed by atoms with E-state index in [0.717, 1.165) is 24.0 Å². The summed E-state index contributed by atoms with van der Waals surface area (Å²) >= 11 is 5.82. The SMILES string of the molecule is CCC(CC(O)c1ccccc1)c1ccc(CCl)cc1. The van der Waals surface area contributed by atoms with Crippen LogP contribution in [0.25, 0.3) is 0 Å². The number of aliphatic hydroxyl groups is 1. The van der Waals surface area contributed by atoms with Crippen molar-refractivity contribution in [3.63, 3.8) is 0 Å². The van der Waals surface area contributed by atoms with Crippen LogP contribution in [0.15, 0.2) is 54.6 Å². The third-order valence-electron chi connectivity index (χ3n) is 3.79. The minimum atomic E-state index is -0.408. The van der Waals surface area contributed by atoms with Gasteiger partial charge in [-0.3, -0.25) is 0 Å². The normalized spacial score (nSPS) is 13.9. The van der Waals surface area contributed by atoms with E-state index in [1.165, 1.54) is 5.56 Å². The Labute approximate surface area is 126 Å². The summed E-state index contributed by atoms with van der Waals surface area (Å²) < 4.78 is 0. The van der Waals surface area contributed by atoms with Crippen LogP contribution in [0.4, 0.5) is 0 Å². The molecule has 0 heterocycles. The maximum atomic E-state index is 10.4. The lowest BCUT2D eigenvalue weighted by Crippen LogP contribution is -2.05. The average molecular weight is 289 g/mol. The fourth-order valence-corrected chi connectivity index (χ4v) is 2.68. The predicted octanol–water partition coefficient (Wildman–Crippen LogP) is 5.04. The van der Waals surface area contributed by atoms with Gasteiger partial charge in [-0.15, -0.1) is 11.6 Å². The number of aliphatic hydroxyl groups excluding tert-OH is 1. The molecule has 0 aliphatic rings.